The molecule has 0 heterocycles. The van der Waals surface area contributed by atoms with Crippen LogP contribution in [-0.4, -0.2) is 25.4 Å². The van der Waals surface area contributed by atoms with Gasteiger partial charge in [-0.2, -0.15) is 0 Å². The van der Waals surface area contributed by atoms with Crippen LogP contribution in [0.4, 0.5) is 0 Å². The molecule has 0 saturated heterocycles. The van der Waals surface area contributed by atoms with Gasteiger partial charge in [0.05, 0.1) is 0 Å². The van der Waals surface area contributed by atoms with Gasteiger partial charge >= 0.3 is 0 Å². The molecule has 0 fully saturated rings. The number of benzene rings is 2. The van der Waals surface area contributed by atoms with Gasteiger partial charge in [0.1, 0.15) is 0 Å². The van der Waals surface area contributed by atoms with E-state index in [4.69, 9.17) is 5.73 Å². The van der Waals surface area contributed by atoms with Gasteiger partial charge in [0.2, 0.25) is 5.91 Å². The summed E-state index contributed by atoms with van der Waals surface area (Å²) < 4.78 is 0. The summed E-state index contributed by atoms with van der Waals surface area (Å²) in [4.78, 5) is 23.6. The van der Waals surface area contributed by atoms with Crippen LogP contribution in [-0.2, 0) is 11.2 Å². The second-order valence-corrected chi connectivity index (χ2v) is 5.60. The third-order valence-corrected chi connectivity index (χ3v) is 3.79. The Hall–Kier alpha value is -2.66. The first-order valence-corrected chi connectivity index (χ1v) is 7.98. The highest BCUT2D eigenvalue weighted by atomic mass is 16.2. The van der Waals surface area contributed by atoms with Crippen LogP contribution in [0, 0.1) is 0 Å². The van der Waals surface area contributed by atoms with Crippen LogP contribution >= 0.6 is 0 Å². The maximum absolute atomic E-state index is 12.0. The Kier molecular flexibility index (Phi) is 6.51. The van der Waals surface area contributed by atoms with Crippen LogP contribution in [0.2, 0.25) is 0 Å². The minimum atomic E-state index is -0.303. The fraction of sp³-hybridized carbons (Fsp3) is 0.263. The molecule has 0 spiro atoms. The molecule has 0 aliphatic heterocycles. The van der Waals surface area contributed by atoms with E-state index >= 15 is 0 Å². The maximum atomic E-state index is 12.0. The van der Waals surface area contributed by atoms with E-state index in [0.29, 0.717) is 18.5 Å². The third-order valence-electron chi connectivity index (χ3n) is 3.79. The van der Waals surface area contributed by atoms with E-state index in [9.17, 15) is 9.59 Å². The molecule has 24 heavy (non-hydrogen) atoms. The van der Waals surface area contributed by atoms with Gasteiger partial charge in [-0.1, -0.05) is 42.5 Å². The number of hydrogen-bond acceptors (Lipinski definition) is 3. The Balaban J connectivity index is 1.79. The summed E-state index contributed by atoms with van der Waals surface area (Å²) in [6.07, 6.45) is 0.916. The Morgan fingerprint density at radius 1 is 1.08 bits per heavy atom. The molecule has 0 saturated carbocycles. The van der Waals surface area contributed by atoms with E-state index < -0.39 is 0 Å². The molecule has 1 unspecified atom stereocenters. The number of nitrogens with one attached hydrogen (secondary N) is 2. The molecule has 126 valence electrons. The third kappa shape index (κ3) is 5.21. The van der Waals surface area contributed by atoms with Gasteiger partial charge in [-0.05, 0) is 29.7 Å². The lowest BCUT2D eigenvalue weighted by Gasteiger charge is -2.12. The summed E-state index contributed by atoms with van der Waals surface area (Å²) in [6, 6.07) is 16.6. The zero-order valence-electron chi connectivity index (χ0n) is 13.8. The van der Waals surface area contributed by atoms with Crippen molar-refractivity contribution in [3.63, 3.8) is 0 Å². The number of rotatable bonds is 7. The fourth-order valence-corrected chi connectivity index (χ4v) is 2.45. The molecule has 0 aromatic heterocycles. The van der Waals surface area contributed by atoms with E-state index in [0.717, 1.165) is 11.1 Å². The largest absolute Gasteiger partial charge is 0.356 e. The molecule has 1 atom stereocenters. The van der Waals surface area contributed by atoms with Crippen molar-refractivity contribution in [2.45, 2.75) is 18.9 Å². The van der Waals surface area contributed by atoms with Crippen molar-refractivity contribution < 1.29 is 9.59 Å². The Labute approximate surface area is 142 Å². The first-order chi connectivity index (χ1) is 11.6. The molecule has 2 aromatic carbocycles. The predicted molar refractivity (Wildman–Crippen MR) is 94.5 cm³/mol. The highest BCUT2D eigenvalue weighted by Gasteiger charge is 2.11. The van der Waals surface area contributed by atoms with E-state index in [-0.39, 0.29) is 24.3 Å². The zero-order chi connectivity index (χ0) is 17.4. The van der Waals surface area contributed by atoms with E-state index in [1.165, 1.54) is 0 Å². The molecule has 2 rings (SSSR count). The van der Waals surface area contributed by atoms with Gasteiger partial charge in [-0.3, -0.25) is 9.59 Å². The highest BCUT2D eigenvalue weighted by molar-refractivity contribution is 5.94. The molecule has 5 nitrogen and oxygen atoms in total. The zero-order valence-corrected chi connectivity index (χ0v) is 13.8. The van der Waals surface area contributed by atoms with Gasteiger partial charge in [0.25, 0.3) is 5.91 Å². The van der Waals surface area contributed by atoms with Gasteiger partial charge in [-0.25, -0.2) is 0 Å². The van der Waals surface area contributed by atoms with Crippen molar-refractivity contribution in [2.75, 3.05) is 13.6 Å². The number of carbonyl (C=O) groups is 2. The number of carbonyl (C=O) groups excluding carboxylic acids is 2. The van der Waals surface area contributed by atoms with Crippen LogP contribution in [0.1, 0.15) is 33.9 Å². The molecule has 0 bridgehead atoms. The van der Waals surface area contributed by atoms with E-state index in [2.05, 4.69) is 10.6 Å². The van der Waals surface area contributed by atoms with E-state index in [1.54, 1.807) is 13.1 Å². The lowest BCUT2D eigenvalue weighted by molar-refractivity contribution is -0.121. The summed E-state index contributed by atoms with van der Waals surface area (Å²) in [6.45, 7) is 0.511. The van der Waals surface area contributed by atoms with Crippen molar-refractivity contribution in [1.29, 1.82) is 0 Å². The fourth-order valence-electron chi connectivity index (χ4n) is 2.45. The number of nitrogens with two attached hydrogens (primary N) is 1. The minimum absolute atomic E-state index is 0.0752. The molecule has 0 radical (unpaired) electrons. The lowest BCUT2D eigenvalue weighted by atomic mass is 10.0. The predicted octanol–water partition coefficient (Wildman–Crippen LogP) is 1.80. The van der Waals surface area contributed by atoms with E-state index in [1.807, 2.05) is 48.5 Å². The van der Waals surface area contributed by atoms with Gasteiger partial charge in [-0.15, -0.1) is 0 Å². The van der Waals surface area contributed by atoms with Gasteiger partial charge in [0, 0.05) is 31.6 Å². The van der Waals surface area contributed by atoms with Crippen molar-refractivity contribution in [3.8, 4) is 0 Å². The summed E-state index contributed by atoms with van der Waals surface area (Å²) in [7, 11) is 1.60. The SMILES string of the molecule is CNC(=O)c1cccc(CCNC(=O)CC(N)c2ccccc2)c1. The molecular formula is C19H23N3O2. The molecule has 5 heteroatoms. The quantitative estimate of drug-likeness (QED) is 0.726. The summed E-state index contributed by atoms with van der Waals surface area (Å²) in [5, 5.41) is 5.47. The highest BCUT2D eigenvalue weighted by Crippen LogP contribution is 2.13. The normalized spacial score (nSPS) is 11.6. The Morgan fingerprint density at radius 2 is 1.83 bits per heavy atom. The van der Waals surface area contributed by atoms with Crippen molar-refractivity contribution in [2.24, 2.45) is 5.73 Å². The Morgan fingerprint density at radius 3 is 2.54 bits per heavy atom. The lowest BCUT2D eigenvalue weighted by Crippen LogP contribution is -2.29. The van der Waals surface area contributed by atoms with Crippen molar-refractivity contribution in [3.05, 3.63) is 71.3 Å². The summed E-state index contributed by atoms with van der Waals surface area (Å²) >= 11 is 0. The molecule has 2 amide bonds. The van der Waals surface area contributed by atoms with Crippen LogP contribution in [0.15, 0.2) is 54.6 Å². The molecular weight excluding hydrogens is 302 g/mol. The molecule has 2 aromatic rings. The minimum Gasteiger partial charge on any atom is -0.356 e. The summed E-state index contributed by atoms with van der Waals surface area (Å²) in [5.41, 5.74) is 8.61. The number of hydrogen-bond donors (Lipinski definition) is 3. The second kappa shape index (κ2) is 8.84. The second-order valence-electron chi connectivity index (χ2n) is 5.60. The number of amides is 2. The first kappa shape index (κ1) is 17.7. The average molecular weight is 325 g/mol. The average Bonchev–Trinajstić information content (AvgIpc) is 2.62. The molecule has 0 aliphatic rings. The van der Waals surface area contributed by atoms with Crippen LogP contribution in [0.25, 0.3) is 0 Å². The Bertz CT molecular complexity index is 686. The summed E-state index contributed by atoms with van der Waals surface area (Å²) in [5.74, 6) is -0.191. The molecule has 0 aliphatic carbocycles. The standard InChI is InChI=1S/C19H23N3O2/c1-21-19(24)16-9-5-6-14(12-16)10-11-22-18(23)13-17(20)15-7-3-2-4-8-15/h2-9,12,17H,10-11,13,20H2,1H3,(H,21,24)(H,22,23). The van der Waals surface area contributed by atoms with Crippen LogP contribution in [0.3, 0.4) is 0 Å². The van der Waals surface area contributed by atoms with Crippen LogP contribution < -0.4 is 16.4 Å². The maximum Gasteiger partial charge on any atom is 0.251 e. The van der Waals surface area contributed by atoms with Crippen molar-refractivity contribution >= 4 is 11.8 Å². The first-order valence-electron chi connectivity index (χ1n) is 7.98. The van der Waals surface area contributed by atoms with Crippen molar-refractivity contribution in [1.82, 2.24) is 10.6 Å². The topological polar surface area (TPSA) is 84.2 Å². The monoisotopic (exact) mass is 325 g/mol. The van der Waals surface area contributed by atoms with Gasteiger partial charge < -0.3 is 16.4 Å². The molecule has 4 N–H and O–H groups in total. The smallest absolute Gasteiger partial charge is 0.251 e. The van der Waals surface area contributed by atoms with Crippen LogP contribution in [0.5, 0.6) is 0 Å². The van der Waals surface area contributed by atoms with Gasteiger partial charge in [0.15, 0.2) is 0 Å².